The van der Waals surface area contributed by atoms with Gasteiger partial charge in [0.2, 0.25) is 0 Å². The Morgan fingerprint density at radius 3 is 2.70 bits per heavy atom. The molecule has 0 aromatic carbocycles. The fourth-order valence-electron chi connectivity index (χ4n) is 4.18. The first-order valence-corrected chi connectivity index (χ1v) is 7.89. The van der Waals surface area contributed by atoms with Crippen molar-refractivity contribution in [1.29, 1.82) is 0 Å². The largest absolute Gasteiger partial charge is 0.391 e. The molecule has 4 rings (SSSR count). The normalized spacial score (nSPS) is 36.2. The van der Waals surface area contributed by atoms with E-state index in [9.17, 15) is 13.2 Å². The fraction of sp³-hybridized carbons (Fsp3) is 0.667. The maximum absolute atomic E-state index is 12.9. The lowest BCUT2D eigenvalue weighted by Gasteiger charge is -2.41. The summed E-state index contributed by atoms with van der Waals surface area (Å²) in [4.78, 5) is 7.40. The molecule has 1 saturated carbocycles. The highest BCUT2D eigenvalue weighted by molar-refractivity contribution is 5.68. The maximum Gasteiger partial charge on any atom is 0.391 e. The first-order valence-electron chi connectivity index (χ1n) is 7.89. The molecule has 8 heteroatoms. The summed E-state index contributed by atoms with van der Waals surface area (Å²) in [6.45, 7) is 2.05. The highest BCUT2D eigenvalue weighted by atomic mass is 19.4. The second-order valence-corrected chi connectivity index (χ2v) is 6.78. The van der Waals surface area contributed by atoms with Crippen LogP contribution in [0.1, 0.15) is 38.2 Å². The molecule has 3 aliphatic rings. The Balaban J connectivity index is 1.57. The maximum atomic E-state index is 12.9. The van der Waals surface area contributed by atoms with Crippen LogP contribution in [0.2, 0.25) is 0 Å². The average Bonchev–Trinajstić information content (AvgIpc) is 3.10. The number of hydrogen-bond donors (Lipinski definition) is 1. The summed E-state index contributed by atoms with van der Waals surface area (Å²) < 4.78 is 38.6. The first kappa shape index (κ1) is 14.7. The van der Waals surface area contributed by atoms with Crippen LogP contribution in [0, 0.1) is 11.8 Å². The number of aliphatic imine (C=N–C) groups is 1. The van der Waals surface area contributed by atoms with Gasteiger partial charge in [0.25, 0.3) is 0 Å². The van der Waals surface area contributed by atoms with Crippen LogP contribution in [-0.4, -0.2) is 28.5 Å². The van der Waals surface area contributed by atoms with Crippen LogP contribution < -0.4 is 0 Å². The van der Waals surface area contributed by atoms with Crippen molar-refractivity contribution in [1.82, 2.24) is 9.99 Å². The van der Waals surface area contributed by atoms with Crippen molar-refractivity contribution in [2.24, 2.45) is 27.2 Å². The Bertz CT molecular complexity index is 656. The van der Waals surface area contributed by atoms with Crippen LogP contribution in [0.3, 0.4) is 0 Å². The van der Waals surface area contributed by atoms with Crippen molar-refractivity contribution in [2.75, 3.05) is 0 Å². The zero-order chi connectivity index (χ0) is 16.2. The van der Waals surface area contributed by atoms with Gasteiger partial charge in [-0.05, 0) is 44.6 Å². The predicted octanol–water partition coefficient (Wildman–Crippen LogP) is 4.32. The summed E-state index contributed by atoms with van der Waals surface area (Å²) in [6.07, 6.45) is 0.830. The number of nitrogens with one attached hydrogen (secondary N) is 1. The minimum absolute atomic E-state index is 0.113. The third-order valence-corrected chi connectivity index (χ3v) is 5.57. The van der Waals surface area contributed by atoms with Gasteiger partial charge in [0, 0.05) is 11.8 Å². The van der Waals surface area contributed by atoms with Crippen LogP contribution in [0.25, 0.3) is 0 Å². The number of halogens is 3. The summed E-state index contributed by atoms with van der Waals surface area (Å²) in [7, 11) is 0. The third kappa shape index (κ3) is 2.10. The van der Waals surface area contributed by atoms with Gasteiger partial charge in [-0.2, -0.15) is 18.3 Å². The smallest absolute Gasteiger partial charge is 0.346 e. The summed E-state index contributed by atoms with van der Waals surface area (Å²) in [6, 6.07) is 1.82. The molecule has 5 nitrogen and oxygen atoms in total. The van der Waals surface area contributed by atoms with Gasteiger partial charge in [-0.15, -0.1) is 0 Å². The van der Waals surface area contributed by atoms with E-state index >= 15 is 0 Å². The van der Waals surface area contributed by atoms with Gasteiger partial charge in [-0.1, -0.05) is 5.22 Å². The number of hydrogen-bond acceptors (Lipinski definition) is 4. The van der Waals surface area contributed by atoms with Crippen LogP contribution >= 0.6 is 0 Å². The van der Waals surface area contributed by atoms with Gasteiger partial charge in [-0.25, -0.2) is 10.0 Å². The van der Waals surface area contributed by atoms with E-state index in [2.05, 4.69) is 20.3 Å². The molecule has 0 radical (unpaired) electrons. The minimum Gasteiger partial charge on any atom is -0.346 e. The second kappa shape index (κ2) is 4.82. The lowest BCUT2D eigenvalue weighted by molar-refractivity contribution is -0.184. The third-order valence-electron chi connectivity index (χ3n) is 5.57. The quantitative estimate of drug-likeness (QED) is 0.821. The molecule has 23 heavy (non-hydrogen) atoms. The van der Waals surface area contributed by atoms with Crippen LogP contribution in [0.4, 0.5) is 19.0 Å². The van der Waals surface area contributed by atoms with Crippen LogP contribution in [0.15, 0.2) is 27.6 Å². The van der Waals surface area contributed by atoms with Gasteiger partial charge >= 0.3 is 6.18 Å². The number of fused-ring (bicyclic) bond motifs is 3. The highest BCUT2D eigenvalue weighted by Gasteiger charge is 2.53. The molecular formula is C15H18F3N5. The van der Waals surface area contributed by atoms with E-state index in [-0.39, 0.29) is 24.8 Å². The standard InChI is InChI=1S/C15H18F3N5/c1-14-11-6-7-19-13(11)20-8-23(14)22-21-12(14)9-2-4-10(5-3-9)15(16,17)18/h6-10,12,19H,2-5H2,1H3. The average molecular weight is 325 g/mol. The summed E-state index contributed by atoms with van der Waals surface area (Å²) in [5.41, 5.74) is 0.542. The molecular weight excluding hydrogens is 307 g/mol. The molecule has 1 fully saturated rings. The van der Waals surface area contributed by atoms with Gasteiger partial charge < -0.3 is 4.98 Å². The SMILES string of the molecule is CC12c3cc[nH]c3N=CN1N=NC2C1CCC(C(F)(F)F)CC1. The number of alkyl halides is 3. The number of H-pyrrole nitrogens is 1. The van der Waals surface area contributed by atoms with Gasteiger partial charge in [0.1, 0.15) is 23.7 Å². The topological polar surface area (TPSA) is 56.1 Å². The number of rotatable bonds is 1. The molecule has 2 atom stereocenters. The first-order chi connectivity index (χ1) is 10.9. The lowest BCUT2D eigenvalue weighted by Crippen LogP contribution is -2.49. The van der Waals surface area contributed by atoms with Crippen LogP contribution in [0.5, 0.6) is 0 Å². The lowest BCUT2D eigenvalue weighted by atomic mass is 9.71. The Hall–Kier alpha value is -1.86. The van der Waals surface area contributed by atoms with Gasteiger partial charge in [-0.3, -0.25) is 0 Å². The molecule has 0 spiro atoms. The number of aromatic nitrogens is 1. The highest BCUT2D eigenvalue weighted by Crippen LogP contribution is 2.50. The van der Waals surface area contributed by atoms with E-state index in [1.165, 1.54) is 0 Å². The van der Waals surface area contributed by atoms with E-state index in [4.69, 9.17) is 0 Å². The number of nitrogens with zero attached hydrogens (tertiary/aromatic N) is 4. The van der Waals surface area contributed by atoms with E-state index in [1.807, 2.05) is 19.2 Å². The molecule has 0 bridgehead atoms. The molecule has 2 unspecified atom stereocenters. The van der Waals surface area contributed by atoms with E-state index in [0.29, 0.717) is 12.8 Å². The molecule has 1 aliphatic carbocycles. The molecule has 3 heterocycles. The van der Waals surface area contributed by atoms with Gasteiger partial charge in [0.15, 0.2) is 0 Å². The van der Waals surface area contributed by atoms with Crippen molar-refractivity contribution >= 4 is 12.2 Å². The second-order valence-electron chi connectivity index (χ2n) is 6.78. The Morgan fingerprint density at radius 2 is 2.00 bits per heavy atom. The zero-order valence-corrected chi connectivity index (χ0v) is 12.7. The van der Waals surface area contributed by atoms with Crippen LogP contribution in [-0.2, 0) is 5.54 Å². The molecule has 1 aromatic rings. The number of aromatic amines is 1. The molecule has 1 aromatic heterocycles. The van der Waals surface area contributed by atoms with Crippen molar-refractivity contribution in [3.05, 3.63) is 17.8 Å². The Morgan fingerprint density at radius 1 is 1.26 bits per heavy atom. The van der Waals surface area contributed by atoms with E-state index in [0.717, 1.165) is 11.4 Å². The van der Waals surface area contributed by atoms with Gasteiger partial charge in [0.05, 0.1) is 5.92 Å². The predicted molar refractivity (Wildman–Crippen MR) is 78.3 cm³/mol. The van der Waals surface area contributed by atoms with Crippen molar-refractivity contribution in [3.8, 4) is 0 Å². The van der Waals surface area contributed by atoms with E-state index in [1.54, 1.807) is 11.3 Å². The van der Waals surface area contributed by atoms with Crippen molar-refractivity contribution in [2.45, 2.75) is 50.4 Å². The van der Waals surface area contributed by atoms with Crippen molar-refractivity contribution in [3.63, 3.8) is 0 Å². The Labute approximate surface area is 131 Å². The minimum atomic E-state index is -4.08. The summed E-state index contributed by atoms with van der Waals surface area (Å²) in [5.74, 6) is -0.275. The molecule has 1 N–H and O–H groups in total. The summed E-state index contributed by atoms with van der Waals surface area (Å²) >= 11 is 0. The monoisotopic (exact) mass is 325 g/mol. The zero-order valence-electron chi connectivity index (χ0n) is 12.7. The van der Waals surface area contributed by atoms with E-state index < -0.39 is 17.6 Å². The fourth-order valence-corrected chi connectivity index (χ4v) is 4.18. The van der Waals surface area contributed by atoms with Crippen molar-refractivity contribution < 1.29 is 13.2 Å². The molecule has 0 saturated heterocycles. The summed E-state index contributed by atoms with van der Waals surface area (Å²) in [5, 5.41) is 10.4. The Kier molecular flexibility index (Phi) is 3.08. The molecule has 0 amide bonds. The molecule has 2 aliphatic heterocycles. The molecule has 124 valence electrons.